The number of piperazine rings is 1. The number of rotatable bonds is 7. The third-order valence-corrected chi connectivity index (χ3v) is 3.91. The highest BCUT2D eigenvalue weighted by Gasteiger charge is 2.13. The van der Waals surface area contributed by atoms with Crippen LogP contribution in [0.3, 0.4) is 0 Å². The van der Waals surface area contributed by atoms with Gasteiger partial charge >= 0.3 is 0 Å². The van der Waals surface area contributed by atoms with Crippen LogP contribution in [0.4, 0.5) is 0 Å². The molecule has 1 aliphatic rings. The molecule has 0 bridgehead atoms. The standard InChI is InChI=1S/C15H28N4/c1-3-6-16-14-15-5-4-7-19(15)13-12-18-10-8-17(2)9-11-18/h4-5,7,16H,3,6,8-14H2,1-2H3. The molecule has 4 heteroatoms. The van der Waals surface area contributed by atoms with Crippen LogP contribution in [0.25, 0.3) is 0 Å². The van der Waals surface area contributed by atoms with Crippen LogP contribution in [0.15, 0.2) is 18.3 Å². The van der Waals surface area contributed by atoms with Crippen LogP contribution in [0.1, 0.15) is 19.0 Å². The minimum atomic E-state index is 0.990. The Labute approximate surface area is 117 Å². The van der Waals surface area contributed by atoms with Crippen LogP contribution in [0.2, 0.25) is 0 Å². The van der Waals surface area contributed by atoms with Crippen LogP contribution in [0.5, 0.6) is 0 Å². The van der Waals surface area contributed by atoms with Crippen LogP contribution in [-0.4, -0.2) is 60.7 Å². The summed E-state index contributed by atoms with van der Waals surface area (Å²) in [6, 6.07) is 4.39. The van der Waals surface area contributed by atoms with E-state index in [0.717, 1.165) is 19.6 Å². The summed E-state index contributed by atoms with van der Waals surface area (Å²) in [7, 11) is 2.21. The van der Waals surface area contributed by atoms with Gasteiger partial charge in [-0.25, -0.2) is 0 Å². The Balaban J connectivity index is 1.74. The molecule has 1 saturated heterocycles. The van der Waals surface area contributed by atoms with E-state index in [0.29, 0.717) is 0 Å². The molecule has 0 saturated carbocycles. The maximum Gasteiger partial charge on any atom is 0.0359 e. The number of nitrogens with one attached hydrogen (secondary N) is 1. The molecule has 2 rings (SSSR count). The minimum absolute atomic E-state index is 0.990. The fraction of sp³-hybridized carbons (Fsp3) is 0.733. The van der Waals surface area contributed by atoms with E-state index < -0.39 is 0 Å². The largest absolute Gasteiger partial charge is 0.349 e. The second-order valence-electron chi connectivity index (χ2n) is 5.51. The van der Waals surface area contributed by atoms with E-state index in [2.05, 4.69) is 52.0 Å². The summed E-state index contributed by atoms with van der Waals surface area (Å²) >= 11 is 0. The average molecular weight is 264 g/mol. The number of hydrogen-bond donors (Lipinski definition) is 1. The summed E-state index contributed by atoms with van der Waals surface area (Å²) < 4.78 is 2.39. The highest BCUT2D eigenvalue weighted by Crippen LogP contribution is 2.04. The minimum Gasteiger partial charge on any atom is -0.349 e. The number of aromatic nitrogens is 1. The zero-order valence-electron chi connectivity index (χ0n) is 12.4. The van der Waals surface area contributed by atoms with Crippen LogP contribution in [-0.2, 0) is 13.1 Å². The Morgan fingerprint density at radius 3 is 2.68 bits per heavy atom. The fourth-order valence-corrected chi connectivity index (χ4v) is 2.54. The maximum absolute atomic E-state index is 3.48. The highest BCUT2D eigenvalue weighted by atomic mass is 15.3. The summed E-state index contributed by atoms with van der Waals surface area (Å²) in [5.41, 5.74) is 1.41. The van der Waals surface area contributed by atoms with Gasteiger partial charge in [-0.15, -0.1) is 0 Å². The van der Waals surface area contributed by atoms with Crippen molar-refractivity contribution in [2.24, 2.45) is 0 Å². The van der Waals surface area contributed by atoms with E-state index in [1.54, 1.807) is 0 Å². The van der Waals surface area contributed by atoms with E-state index in [4.69, 9.17) is 0 Å². The fourth-order valence-electron chi connectivity index (χ4n) is 2.54. The van der Waals surface area contributed by atoms with Gasteiger partial charge in [-0.05, 0) is 32.1 Å². The van der Waals surface area contributed by atoms with Gasteiger partial charge in [0.2, 0.25) is 0 Å². The van der Waals surface area contributed by atoms with Crippen molar-refractivity contribution < 1.29 is 0 Å². The van der Waals surface area contributed by atoms with Crippen LogP contribution in [0, 0.1) is 0 Å². The predicted octanol–water partition coefficient (Wildman–Crippen LogP) is 1.24. The molecule has 108 valence electrons. The third kappa shape index (κ3) is 4.64. The molecular formula is C15H28N4. The zero-order chi connectivity index (χ0) is 13.5. The molecule has 1 N–H and O–H groups in total. The molecule has 0 atom stereocenters. The van der Waals surface area contributed by atoms with Crippen LogP contribution >= 0.6 is 0 Å². The first-order chi connectivity index (χ1) is 9.29. The number of likely N-dealkylation sites (N-methyl/N-ethyl adjacent to an activating group) is 1. The maximum atomic E-state index is 3.48. The second-order valence-corrected chi connectivity index (χ2v) is 5.51. The van der Waals surface area contributed by atoms with Gasteiger partial charge in [0.25, 0.3) is 0 Å². The molecule has 0 radical (unpaired) electrons. The van der Waals surface area contributed by atoms with Gasteiger partial charge in [0.05, 0.1) is 0 Å². The average Bonchev–Trinajstić information content (AvgIpc) is 2.86. The molecule has 0 amide bonds. The SMILES string of the molecule is CCCNCc1cccn1CCN1CCN(C)CC1. The van der Waals surface area contributed by atoms with Gasteiger partial charge in [-0.1, -0.05) is 6.92 Å². The topological polar surface area (TPSA) is 23.4 Å². The number of hydrogen-bond acceptors (Lipinski definition) is 3. The number of nitrogens with zero attached hydrogens (tertiary/aromatic N) is 3. The van der Waals surface area contributed by atoms with E-state index >= 15 is 0 Å². The molecule has 1 aromatic heterocycles. The van der Waals surface area contributed by atoms with Gasteiger partial charge in [-0.2, -0.15) is 0 Å². The highest BCUT2D eigenvalue weighted by molar-refractivity contribution is 5.07. The second kappa shape index (κ2) is 7.68. The third-order valence-electron chi connectivity index (χ3n) is 3.91. The quantitative estimate of drug-likeness (QED) is 0.750. The summed E-state index contributed by atoms with van der Waals surface area (Å²) in [6.07, 6.45) is 3.40. The Morgan fingerprint density at radius 2 is 1.95 bits per heavy atom. The summed E-state index contributed by atoms with van der Waals surface area (Å²) in [6.45, 7) is 11.4. The molecule has 19 heavy (non-hydrogen) atoms. The van der Waals surface area contributed by atoms with E-state index in [-0.39, 0.29) is 0 Å². The molecule has 1 aliphatic heterocycles. The lowest BCUT2D eigenvalue weighted by Gasteiger charge is -2.32. The normalized spacial score (nSPS) is 18.0. The smallest absolute Gasteiger partial charge is 0.0359 e. The van der Waals surface area contributed by atoms with Crippen molar-refractivity contribution in [3.8, 4) is 0 Å². The summed E-state index contributed by atoms with van der Waals surface area (Å²) in [5, 5.41) is 3.48. The molecule has 1 fully saturated rings. The summed E-state index contributed by atoms with van der Waals surface area (Å²) in [5.74, 6) is 0. The van der Waals surface area contributed by atoms with Gasteiger partial charge in [0, 0.05) is 57.7 Å². The zero-order valence-corrected chi connectivity index (χ0v) is 12.4. The van der Waals surface area contributed by atoms with Crippen molar-refractivity contribution in [1.29, 1.82) is 0 Å². The molecule has 0 aliphatic carbocycles. The monoisotopic (exact) mass is 264 g/mol. The molecule has 0 unspecified atom stereocenters. The predicted molar refractivity (Wildman–Crippen MR) is 80.4 cm³/mol. The lowest BCUT2D eigenvalue weighted by atomic mass is 10.3. The van der Waals surface area contributed by atoms with Crippen LogP contribution < -0.4 is 5.32 Å². The van der Waals surface area contributed by atoms with Crippen molar-refractivity contribution >= 4 is 0 Å². The lowest BCUT2D eigenvalue weighted by Crippen LogP contribution is -2.45. The van der Waals surface area contributed by atoms with Crippen molar-refractivity contribution in [3.05, 3.63) is 24.0 Å². The van der Waals surface area contributed by atoms with E-state index in [1.165, 1.54) is 44.8 Å². The Kier molecular flexibility index (Phi) is 5.89. The molecule has 1 aromatic rings. The molecule has 2 heterocycles. The summed E-state index contributed by atoms with van der Waals surface area (Å²) in [4.78, 5) is 4.98. The molecule has 0 aromatic carbocycles. The molecular weight excluding hydrogens is 236 g/mol. The van der Waals surface area contributed by atoms with Gasteiger partial charge in [0.15, 0.2) is 0 Å². The molecule has 4 nitrogen and oxygen atoms in total. The first-order valence-corrected chi connectivity index (χ1v) is 7.55. The van der Waals surface area contributed by atoms with E-state index in [1.807, 2.05) is 0 Å². The van der Waals surface area contributed by atoms with Crippen molar-refractivity contribution in [2.45, 2.75) is 26.4 Å². The Bertz CT molecular complexity index is 353. The first kappa shape index (κ1) is 14.6. The van der Waals surface area contributed by atoms with Crippen molar-refractivity contribution in [2.75, 3.05) is 46.3 Å². The van der Waals surface area contributed by atoms with Crippen molar-refractivity contribution in [1.82, 2.24) is 19.7 Å². The van der Waals surface area contributed by atoms with E-state index in [9.17, 15) is 0 Å². The van der Waals surface area contributed by atoms with Crippen molar-refractivity contribution in [3.63, 3.8) is 0 Å². The Morgan fingerprint density at radius 1 is 1.16 bits per heavy atom. The van der Waals surface area contributed by atoms with Gasteiger partial charge in [0.1, 0.15) is 0 Å². The Hall–Kier alpha value is -0.840. The molecule has 0 spiro atoms. The lowest BCUT2D eigenvalue weighted by molar-refractivity contribution is 0.150. The van der Waals surface area contributed by atoms with Gasteiger partial charge in [-0.3, -0.25) is 4.90 Å². The first-order valence-electron chi connectivity index (χ1n) is 7.55. The van der Waals surface area contributed by atoms with Gasteiger partial charge < -0.3 is 14.8 Å².